The van der Waals surface area contributed by atoms with Crippen molar-refractivity contribution in [1.29, 1.82) is 0 Å². The van der Waals surface area contributed by atoms with Crippen LogP contribution < -0.4 is 10.2 Å². The second kappa shape index (κ2) is 11.4. The van der Waals surface area contributed by atoms with Crippen LogP contribution in [0.2, 0.25) is 0 Å². The lowest BCUT2D eigenvalue weighted by atomic mass is 10.1. The van der Waals surface area contributed by atoms with Crippen LogP contribution in [0.3, 0.4) is 0 Å². The van der Waals surface area contributed by atoms with E-state index in [1.54, 1.807) is 7.05 Å². The number of alkyl halides is 3. The molecule has 170 valence electrons. The van der Waals surface area contributed by atoms with Crippen LogP contribution in [0.5, 0.6) is 0 Å². The highest BCUT2D eigenvalue weighted by molar-refractivity contribution is 14.0. The fourth-order valence-electron chi connectivity index (χ4n) is 3.91. The zero-order chi connectivity index (χ0) is 20.9. The van der Waals surface area contributed by atoms with E-state index in [0.29, 0.717) is 32.7 Å². The smallest absolute Gasteiger partial charge is 0.357 e. The fourth-order valence-corrected chi connectivity index (χ4v) is 3.91. The van der Waals surface area contributed by atoms with Gasteiger partial charge >= 0.3 is 6.18 Å². The predicted octanol–water partition coefficient (Wildman–Crippen LogP) is 3.33. The maximum absolute atomic E-state index is 12.9. The Balaban J connectivity index is 0.00000320. The average Bonchev–Trinajstić information content (AvgIpc) is 2.74. The van der Waals surface area contributed by atoms with Crippen molar-refractivity contribution in [2.24, 2.45) is 4.99 Å². The van der Waals surface area contributed by atoms with E-state index in [0.717, 1.165) is 30.4 Å². The lowest BCUT2D eigenvalue weighted by Gasteiger charge is -2.39. The van der Waals surface area contributed by atoms with Crippen molar-refractivity contribution in [3.05, 3.63) is 23.9 Å². The molecule has 2 aliphatic rings. The number of aromatic nitrogens is 1. The number of aliphatic imine (C=N–C) groups is 1. The topological polar surface area (TPSA) is 47.0 Å². The highest BCUT2D eigenvalue weighted by Gasteiger charge is 2.41. The molecule has 0 bridgehead atoms. The highest BCUT2D eigenvalue weighted by Crippen LogP contribution is 2.25. The first kappa shape index (κ1) is 25.0. The van der Waals surface area contributed by atoms with Crippen molar-refractivity contribution in [3.63, 3.8) is 0 Å². The Morgan fingerprint density at radius 1 is 1.13 bits per heavy atom. The van der Waals surface area contributed by atoms with Gasteiger partial charge in [-0.25, -0.2) is 4.98 Å². The number of rotatable bonds is 4. The van der Waals surface area contributed by atoms with Crippen LogP contribution in [-0.2, 0) is 6.54 Å². The number of hydrogen-bond acceptors (Lipinski definition) is 4. The van der Waals surface area contributed by atoms with E-state index >= 15 is 0 Å². The Morgan fingerprint density at radius 2 is 1.80 bits per heavy atom. The Hall–Kier alpha value is -1.30. The van der Waals surface area contributed by atoms with E-state index in [9.17, 15) is 13.2 Å². The zero-order valence-electron chi connectivity index (χ0n) is 17.7. The number of guanidine groups is 1. The fraction of sp³-hybridized carbons (Fsp3) is 0.700. The van der Waals surface area contributed by atoms with Crippen molar-refractivity contribution >= 4 is 35.8 Å². The Labute approximate surface area is 193 Å². The van der Waals surface area contributed by atoms with E-state index in [-0.39, 0.29) is 24.0 Å². The molecule has 1 N–H and O–H groups in total. The number of piperidine rings is 1. The van der Waals surface area contributed by atoms with Crippen LogP contribution in [0.25, 0.3) is 0 Å². The molecule has 3 rings (SSSR count). The van der Waals surface area contributed by atoms with E-state index < -0.39 is 12.2 Å². The van der Waals surface area contributed by atoms with Crippen molar-refractivity contribution < 1.29 is 13.2 Å². The van der Waals surface area contributed by atoms with Crippen molar-refractivity contribution in [3.8, 4) is 0 Å². The van der Waals surface area contributed by atoms with Gasteiger partial charge in [-0.2, -0.15) is 13.2 Å². The minimum atomic E-state index is -4.19. The maximum Gasteiger partial charge on any atom is 0.403 e. The number of anilines is 1. The molecule has 0 spiro atoms. The minimum absolute atomic E-state index is 0. The van der Waals surface area contributed by atoms with Gasteiger partial charge in [0, 0.05) is 59.1 Å². The van der Waals surface area contributed by atoms with Crippen molar-refractivity contribution in [2.45, 2.75) is 44.9 Å². The molecule has 2 saturated heterocycles. The standard InChI is InChI=1S/C20H31F3N6.HI/c1-16(20(21,22)23)27-10-12-29(13-11-27)19(24-2)26-15-17-6-7-25-18(14-17)28-8-4-3-5-9-28;/h6-7,14,16H,3-5,8-13,15H2,1-2H3,(H,24,26);1H. The maximum atomic E-state index is 12.9. The quantitative estimate of drug-likeness (QED) is 0.361. The van der Waals surface area contributed by atoms with Crippen LogP contribution in [-0.4, -0.2) is 79.3 Å². The van der Waals surface area contributed by atoms with Crippen LogP contribution in [0.4, 0.5) is 19.0 Å². The first-order valence-corrected chi connectivity index (χ1v) is 10.3. The molecule has 1 unspecified atom stereocenters. The zero-order valence-corrected chi connectivity index (χ0v) is 20.0. The molecule has 0 amide bonds. The number of nitrogens with one attached hydrogen (secondary N) is 1. The monoisotopic (exact) mass is 540 g/mol. The third kappa shape index (κ3) is 6.60. The van der Waals surface area contributed by atoms with Crippen molar-refractivity contribution in [1.82, 2.24) is 20.1 Å². The van der Waals surface area contributed by atoms with Gasteiger partial charge < -0.3 is 15.1 Å². The van der Waals surface area contributed by atoms with Gasteiger partial charge in [0.05, 0.1) is 0 Å². The summed E-state index contributed by atoms with van der Waals surface area (Å²) in [6.45, 7) is 5.72. The van der Waals surface area contributed by atoms with Gasteiger partial charge in [0.25, 0.3) is 0 Å². The molecule has 2 fully saturated rings. The Kier molecular flexibility index (Phi) is 9.45. The first-order valence-electron chi connectivity index (χ1n) is 10.3. The summed E-state index contributed by atoms with van der Waals surface area (Å²) in [4.78, 5) is 14.7. The van der Waals surface area contributed by atoms with Gasteiger partial charge in [-0.3, -0.25) is 9.89 Å². The van der Waals surface area contributed by atoms with Gasteiger partial charge in [0.2, 0.25) is 0 Å². The second-order valence-electron chi connectivity index (χ2n) is 7.71. The van der Waals surface area contributed by atoms with Crippen LogP contribution in [0.1, 0.15) is 31.7 Å². The normalized spacial score (nSPS) is 20.0. The molecule has 10 heteroatoms. The summed E-state index contributed by atoms with van der Waals surface area (Å²) in [6, 6.07) is 2.68. The molecule has 30 heavy (non-hydrogen) atoms. The number of piperazine rings is 1. The number of hydrogen-bond donors (Lipinski definition) is 1. The molecule has 3 heterocycles. The molecule has 0 aliphatic carbocycles. The molecule has 1 atom stereocenters. The summed E-state index contributed by atoms with van der Waals surface area (Å²) >= 11 is 0. The third-order valence-electron chi connectivity index (χ3n) is 5.79. The van der Waals surface area contributed by atoms with Crippen LogP contribution in [0, 0.1) is 0 Å². The SMILES string of the molecule is CN=C(NCc1ccnc(N2CCCCC2)c1)N1CCN(C(C)C(F)(F)F)CC1.I. The van der Waals surface area contributed by atoms with Gasteiger partial charge in [0.1, 0.15) is 11.9 Å². The molecule has 0 radical (unpaired) electrons. The molecular weight excluding hydrogens is 508 g/mol. The Bertz CT molecular complexity index is 685. The summed E-state index contributed by atoms with van der Waals surface area (Å²) in [5.41, 5.74) is 1.12. The van der Waals surface area contributed by atoms with Crippen LogP contribution in [0.15, 0.2) is 23.3 Å². The lowest BCUT2D eigenvalue weighted by Crippen LogP contribution is -2.56. The van der Waals surface area contributed by atoms with E-state index in [1.807, 2.05) is 17.2 Å². The molecule has 0 aromatic carbocycles. The summed E-state index contributed by atoms with van der Waals surface area (Å²) in [5.74, 6) is 1.73. The number of halogens is 4. The first-order chi connectivity index (χ1) is 13.9. The van der Waals surface area contributed by atoms with E-state index in [1.165, 1.54) is 31.1 Å². The highest BCUT2D eigenvalue weighted by atomic mass is 127. The van der Waals surface area contributed by atoms with E-state index in [4.69, 9.17) is 0 Å². The summed E-state index contributed by atoms with van der Waals surface area (Å²) in [7, 11) is 1.71. The minimum Gasteiger partial charge on any atom is -0.357 e. The summed E-state index contributed by atoms with van der Waals surface area (Å²) in [6.07, 6.45) is 1.34. The molecular formula is C20H32F3IN6. The van der Waals surface area contributed by atoms with Gasteiger partial charge in [0.15, 0.2) is 5.96 Å². The van der Waals surface area contributed by atoms with Crippen molar-refractivity contribution in [2.75, 3.05) is 51.2 Å². The third-order valence-corrected chi connectivity index (χ3v) is 5.79. The lowest BCUT2D eigenvalue weighted by molar-refractivity contribution is -0.181. The number of pyridine rings is 1. The Morgan fingerprint density at radius 3 is 2.40 bits per heavy atom. The molecule has 2 aliphatic heterocycles. The summed E-state index contributed by atoms with van der Waals surface area (Å²) < 4.78 is 38.8. The average molecular weight is 540 g/mol. The summed E-state index contributed by atoms with van der Waals surface area (Å²) in [5, 5.41) is 3.35. The van der Waals surface area contributed by atoms with Gasteiger partial charge in [-0.1, -0.05) is 0 Å². The second-order valence-corrected chi connectivity index (χ2v) is 7.71. The molecule has 1 aromatic heterocycles. The van der Waals surface area contributed by atoms with Gasteiger partial charge in [-0.05, 0) is 43.9 Å². The molecule has 0 saturated carbocycles. The predicted molar refractivity (Wildman–Crippen MR) is 125 cm³/mol. The molecule has 1 aromatic rings. The van der Waals surface area contributed by atoms with E-state index in [2.05, 4.69) is 26.3 Å². The van der Waals surface area contributed by atoms with Crippen LogP contribution >= 0.6 is 24.0 Å². The van der Waals surface area contributed by atoms with Gasteiger partial charge in [-0.15, -0.1) is 24.0 Å². The number of nitrogens with zero attached hydrogens (tertiary/aromatic N) is 5. The molecule has 6 nitrogen and oxygen atoms in total. The largest absolute Gasteiger partial charge is 0.403 e.